The Balaban J connectivity index is 1.86. The molecule has 2 heteroatoms. The number of rotatable bonds is 1. The van der Waals surface area contributed by atoms with Gasteiger partial charge in [0.05, 0.1) is 0 Å². The highest BCUT2D eigenvalue weighted by molar-refractivity contribution is 5.84. The third-order valence-electron chi connectivity index (χ3n) is 3.83. The van der Waals surface area contributed by atoms with Crippen molar-refractivity contribution < 1.29 is 4.79 Å². The minimum Gasteiger partial charge on any atom is -0.350 e. The fourth-order valence-corrected chi connectivity index (χ4v) is 2.75. The summed E-state index contributed by atoms with van der Waals surface area (Å²) in [6.45, 7) is 4.62. The van der Waals surface area contributed by atoms with Gasteiger partial charge >= 0.3 is 0 Å². The summed E-state index contributed by atoms with van der Waals surface area (Å²) in [5.74, 6) is 1.96. The van der Waals surface area contributed by atoms with Crippen LogP contribution in [0.3, 0.4) is 0 Å². The normalized spacial score (nSPS) is 39.0. The van der Waals surface area contributed by atoms with E-state index in [2.05, 4.69) is 19.2 Å². The van der Waals surface area contributed by atoms with Crippen LogP contribution in [0.25, 0.3) is 0 Å². The van der Waals surface area contributed by atoms with Crippen molar-refractivity contribution >= 4 is 5.91 Å². The lowest BCUT2D eigenvalue weighted by atomic mass is 9.68. The van der Waals surface area contributed by atoms with Crippen molar-refractivity contribution in [3.8, 4) is 0 Å². The van der Waals surface area contributed by atoms with E-state index in [1.54, 1.807) is 0 Å². The van der Waals surface area contributed by atoms with Crippen LogP contribution in [-0.4, -0.2) is 11.4 Å². The van der Waals surface area contributed by atoms with Crippen LogP contribution in [0.15, 0.2) is 0 Å². The van der Waals surface area contributed by atoms with Crippen molar-refractivity contribution in [2.75, 3.05) is 0 Å². The van der Waals surface area contributed by atoms with E-state index in [9.17, 15) is 4.79 Å². The number of β-lactam (4-membered cyclic amide) rings is 1. The Morgan fingerprint density at radius 3 is 2.31 bits per heavy atom. The summed E-state index contributed by atoms with van der Waals surface area (Å²) < 4.78 is 0. The first-order valence-corrected chi connectivity index (χ1v) is 5.42. The van der Waals surface area contributed by atoms with E-state index in [4.69, 9.17) is 0 Å². The Hall–Kier alpha value is -0.530. The van der Waals surface area contributed by atoms with Gasteiger partial charge in [0, 0.05) is 12.0 Å². The molecule has 0 unspecified atom stereocenters. The van der Waals surface area contributed by atoms with Crippen LogP contribution in [0.1, 0.15) is 46.0 Å². The van der Waals surface area contributed by atoms with Gasteiger partial charge in [-0.25, -0.2) is 0 Å². The highest BCUT2D eigenvalue weighted by atomic mass is 16.2. The minimum atomic E-state index is 0.239. The first-order chi connectivity index (χ1) is 6.11. The summed E-state index contributed by atoms with van der Waals surface area (Å²) in [7, 11) is 0. The van der Waals surface area contributed by atoms with E-state index in [1.807, 2.05) is 0 Å². The fraction of sp³-hybridized carbons (Fsp3) is 0.909. The molecule has 1 saturated carbocycles. The zero-order valence-corrected chi connectivity index (χ0v) is 8.60. The van der Waals surface area contributed by atoms with E-state index in [0.717, 1.165) is 18.3 Å². The van der Waals surface area contributed by atoms with Crippen LogP contribution in [0.2, 0.25) is 0 Å². The second kappa shape index (κ2) is 3.00. The fourth-order valence-electron chi connectivity index (χ4n) is 2.75. The van der Waals surface area contributed by atoms with Gasteiger partial charge < -0.3 is 5.32 Å². The van der Waals surface area contributed by atoms with E-state index in [1.165, 1.54) is 25.7 Å². The highest BCUT2D eigenvalue weighted by Gasteiger charge is 2.45. The quantitative estimate of drug-likeness (QED) is 0.617. The first kappa shape index (κ1) is 9.04. The molecule has 2 nitrogen and oxygen atoms in total. The van der Waals surface area contributed by atoms with Gasteiger partial charge in [0.2, 0.25) is 5.91 Å². The van der Waals surface area contributed by atoms with Crippen LogP contribution >= 0.6 is 0 Å². The van der Waals surface area contributed by atoms with Crippen molar-refractivity contribution in [2.45, 2.75) is 51.5 Å². The molecule has 1 aliphatic heterocycles. The summed E-state index contributed by atoms with van der Waals surface area (Å²) in [6, 6.07) is 0. The van der Waals surface area contributed by atoms with Crippen molar-refractivity contribution in [3.05, 3.63) is 0 Å². The standard InChI is InChI=1S/C11H19NO/c1-8(2)9-3-5-11(6-4-9)7-10(13)12-11/h8-9H,3-7H2,1-2H3,(H,12,13). The molecular formula is C11H19NO. The lowest BCUT2D eigenvalue weighted by molar-refractivity contribution is -0.134. The molecular weight excluding hydrogens is 162 g/mol. The van der Waals surface area contributed by atoms with Crippen LogP contribution in [-0.2, 0) is 4.79 Å². The van der Waals surface area contributed by atoms with Crippen molar-refractivity contribution in [2.24, 2.45) is 11.8 Å². The third kappa shape index (κ3) is 1.59. The predicted octanol–water partition coefficient (Wildman–Crippen LogP) is 2.09. The van der Waals surface area contributed by atoms with Crippen LogP contribution in [0.4, 0.5) is 0 Å². The predicted molar refractivity (Wildman–Crippen MR) is 52.3 cm³/mol. The molecule has 0 atom stereocenters. The van der Waals surface area contributed by atoms with Crippen LogP contribution in [0.5, 0.6) is 0 Å². The smallest absolute Gasteiger partial charge is 0.222 e. The van der Waals surface area contributed by atoms with Crippen molar-refractivity contribution in [3.63, 3.8) is 0 Å². The number of hydrogen-bond acceptors (Lipinski definition) is 1. The average Bonchev–Trinajstić information content (AvgIpc) is 2.03. The Bertz CT molecular complexity index is 204. The maximum Gasteiger partial charge on any atom is 0.222 e. The molecule has 2 rings (SSSR count). The number of carbonyl (C=O) groups excluding carboxylic acids is 1. The monoisotopic (exact) mass is 181 g/mol. The molecule has 1 aliphatic carbocycles. The highest BCUT2D eigenvalue weighted by Crippen LogP contribution is 2.40. The summed E-state index contributed by atoms with van der Waals surface area (Å²) >= 11 is 0. The molecule has 13 heavy (non-hydrogen) atoms. The van der Waals surface area contributed by atoms with Gasteiger partial charge in [-0.2, -0.15) is 0 Å². The van der Waals surface area contributed by atoms with Gasteiger partial charge in [-0.3, -0.25) is 4.79 Å². The molecule has 0 aromatic heterocycles. The summed E-state index contributed by atoms with van der Waals surface area (Å²) in [4.78, 5) is 10.9. The molecule has 0 bridgehead atoms. The van der Waals surface area contributed by atoms with Gasteiger partial charge in [-0.1, -0.05) is 13.8 Å². The lowest BCUT2D eigenvalue weighted by Gasteiger charge is -2.47. The SMILES string of the molecule is CC(C)C1CCC2(CC1)CC(=O)N2. The minimum absolute atomic E-state index is 0.239. The Kier molecular flexibility index (Phi) is 2.09. The third-order valence-corrected chi connectivity index (χ3v) is 3.83. The van der Waals surface area contributed by atoms with Crippen molar-refractivity contribution in [1.29, 1.82) is 0 Å². The molecule has 1 N–H and O–H groups in total. The van der Waals surface area contributed by atoms with E-state index in [0.29, 0.717) is 0 Å². The molecule has 2 fully saturated rings. The number of carbonyl (C=O) groups is 1. The molecule has 1 spiro atoms. The second-order valence-corrected chi connectivity index (χ2v) is 5.09. The molecule has 0 aromatic carbocycles. The zero-order valence-electron chi connectivity index (χ0n) is 8.60. The van der Waals surface area contributed by atoms with Gasteiger partial charge in [-0.05, 0) is 37.5 Å². The summed E-state index contributed by atoms with van der Waals surface area (Å²) in [6.07, 6.45) is 5.82. The maximum absolute atomic E-state index is 10.9. The van der Waals surface area contributed by atoms with Crippen LogP contribution < -0.4 is 5.32 Å². The zero-order chi connectivity index (χ0) is 9.47. The molecule has 1 saturated heterocycles. The topological polar surface area (TPSA) is 29.1 Å². The Morgan fingerprint density at radius 2 is 1.92 bits per heavy atom. The lowest BCUT2D eigenvalue weighted by Crippen LogP contribution is -2.62. The van der Waals surface area contributed by atoms with Gasteiger partial charge in [-0.15, -0.1) is 0 Å². The average molecular weight is 181 g/mol. The van der Waals surface area contributed by atoms with Crippen molar-refractivity contribution in [1.82, 2.24) is 5.32 Å². The maximum atomic E-state index is 10.9. The molecule has 2 aliphatic rings. The van der Waals surface area contributed by atoms with Crippen LogP contribution in [0, 0.1) is 11.8 Å². The number of nitrogens with one attached hydrogen (secondary N) is 1. The first-order valence-electron chi connectivity index (χ1n) is 5.42. The van der Waals surface area contributed by atoms with Gasteiger partial charge in [0.1, 0.15) is 0 Å². The molecule has 0 radical (unpaired) electrons. The van der Waals surface area contributed by atoms with E-state index >= 15 is 0 Å². The molecule has 1 heterocycles. The Labute approximate surface area is 80.1 Å². The molecule has 74 valence electrons. The van der Waals surface area contributed by atoms with Gasteiger partial charge in [0.15, 0.2) is 0 Å². The van der Waals surface area contributed by atoms with Gasteiger partial charge in [0.25, 0.3) is 0 Å². The largest absolute Gasteiger partial charge is 0.350 e. The summed E-state index contributed by atoms with van der Waals surface area (Å²) in [5, 5.41) is 3.08. The van der Waals surface area contributed by atoms with E-state index in [-0.39, 0.29) is 11.4 Å². The second-order valence-electron chi connectivity index (χ2n) is 5.09. The van der Waals surface area contributed by atoms with E-state index < -0.39 is 0 Å². The molecule has 0 aromatic rings. The molecule has 1 amide bonds. The number of hydrogen-bond donors (Lipinski definition) is 1. The number of amides is 1. The Morgan fingerprint density at radius 1 is 1.38 bits per heavy atom. The summed E-state index contributed by atoms with van der Waals surface area (Å²) in [5.41, 5.74) is 0.239.